The van der Waals surface area contributed by atoms with Crippen LogP contribution >= 0.6 is 11.8 Å². The molecule has 0 aliphatic rings. The van der Waals surface area contributed by atoms with E-state index in [0.717, 1.165) is 22.6 Å². The van der Waals surface area contributed by atoms with Crippen molar-refractivity contribution in [2.75, 3.05) is 17.7 Å². The third kappa shape index (κ3) is 6.49. The summed E-state index contributed by atoms with van der Waals surface area (Å²) in [5, 5.41) is 6.12. The monoisotopic (exact) mass is 428 g/mol. The molecule has 0 saturated carbocycles. The minimum atomic E-state index is -2.46. The van der Waals surface area contributed by atoms with Crippen LogP contribution in [0.3, 0.4) is 0 Å². The number of anilines is 2. The van der Waals surface area contributed by atoms with Crippen molar-refractivity contribution in [1.29, 1.82) is 0 Å². The molecular formula is C23H22F2N2O2S. The predicted octanol–water partition coefficient (Wildman–Crippen LogP) is 5.80. The molecule has 0 bridgehead atoms. The zero-order valence-electron chi connectivity index (χ0n) is 16.4. The fraction of sp³-hybridized carbons (Fsp3) is 0.174. The van der Waals surface area contributed by atoms with Gasteiger partial charge in [-0.2, -0.15) is 8.78 Å². The van der Waals surface area contributed by atoms with Gasteiger partial charge in [0.25, 0.3) is 5.76 Å². The van der Waals surface area contributed by atoms with Crippen molar-refractivity contribution in [3.05, 3.63) is 83.9 Å². The molecule has 3 aromatic carbocycles. The second-order valence-corrected chi connectivity index (χ2v) is 7.55. The normalized spacial score (nSPS) is 10.7. The van der Waals surface area contributed by atoms with Gasteiger partial charge in [0, 0.05) is 28.4 Å². The van der Waals surface area contributed by atoms with E-state index < -0.39 is 5.76 Å². The third-order valence-corrected chi connectivity index (χ3v) is 5.08. The fourth-order valence-electron chi connectivity index (χ4n) is 2.90. The van der Waals surface area contributed by atoms with E-state index in [1.807, 2.05) is 48.5 Å². The summed E-state index contributed by atoms with van der Waals surface area (Å²) in [5.41, 5.74) is 3.45. The van der Waals surface area contributed by atoms with Crippen LogP contribution < -0.4 is 15.4 Å². The average Bonchev–Trinajstić information content (AvgIpc) is 2.74. The number of thioether (sulfide) groups is 1. The van der Waals surface area contributed by atoms with Crippen LogP contribution in [0.5, 0.6) is 5.75 Å². The summed E-state index contributed by atoms with van der Waals surface area (Å²) in [6, 6.07) is 21.8. The summed E-state index contributed by atoms with van der Waals surface area (Å²) in [4.78, 5) is 12.7. The van der Waals surface area contributed by atoms with Gasteiger partial charge in [-0.05, 0) is 48.0 Å². The van der Waals surface area contributed by atoms with Crippen molar-refractivity contribution in [3.8, 4) is 5.75 Å². The number of rotatable bonds is 9. The fourth-order valence-corrected chi connectivity index (χ4v) is 3.40. The number of carbonyl (C=O) groups excluding carboxylic acids is 1. The molecule has 0 atom stereocenters. The molecular weight excluding hydrogens is 406 g/mol. The number of halogens is 2. The molecule has 0 saturated heterocycles. The minimum Gasteiger partial charge on any atom is -0.496 e. The van der Waals surface area contributed by atoms with Gasteiger partial charge in [-0.15, -0.1) is 0 Å². The zero-order chi connectivity index (χ0) is 21.3. The summed E-state index contributed by atoms with van der Waals surface area (Å²) >= 11 is 0.475. The smallest absolute Gasteiger partial charge is 0.288 e. The van der Waals surface area contributed by atoms with Crippen molar-refractivity contribution in [2.45, 2.75) is 23.6 Å². The molecule has 1 amide bonds. The van der Waals surface area contributed by atoms with Crippen molar-refractivity contribution in [2.24, 2.45) is 0 Å². The van der Waals surface area contributed by atoms with Gasteiger partial charge >= 0.3 is 0 Å². The number of benzene rings is 3. The molecule has 7 heteroatoms. The van der Waals surface area contributed by atoms with Crippen LogP contribution in [0.2, 0.25) is 0 Å². The first kappa shape index (κ1) is 21.6. The Morgan fingerprint density at radius 2 is 1.63 bits per heavy atom. The molecule has 0 aromatic heterocycles. The highest BCUT2D eigenvalue weighted by Crippen LogP contribution is 2.26. The van der Waals surface area contributed by atoms with Crippen LogP contribution in [-0.2, 0) is 17.8 Å². The lowest BCUT2D eigenvalue weighted by Gasteiger charge is -2.11. The molecule has 0 spiro atoms. The Kier molecular flexibility index (Phi) is 7.68. The summed E-state index contributed by atoms with van der Waals surface area (Å²) < 4.78 is 30.1. The maximum Gasteiger partial charge on any atom is 0.288 e. The summed E-state index contributed by atoms with van der Waals surface area (Å²) in [6.45, 7) is 0.629. The van der Waals surface area contributed by atoms with Crippen molar-refractivity contribution >= 4 is 29.0 Å². The molecule has 0 aliphatic carbocycles. The molecule has 4 nitrogen and oxygen atoms in total. The van der Waals surface area contributed by atoms with Crippen LogP contribution in [0.15, 0.2) is 77.7 Å². The molecule has 0 fully saturated rings. The Bertz CT molecular complexity index is 964. The quantitative estimate of drug-likeness (QED) is 0.423. The molecule has 2 N–H and O–H groups in total. The van der Waals surface area contributed by atoms with E-state index in [-0.39, 0.29) is 12.3 Å². The predicted molar refractivity (Wildman–Crippen MR) is 117 cm³/mol. The summed E-state index contributed by atoms with van der Waals surface area (Å²) in [6.07, 6.45) is 0.223. The van der Waals surface area contributed by atoms with Crippen molar-refractivity contribution in [3.63, 3.8) is 0 Å². The maximum atomic E-state index is 12.4. The number of hydrogen-bond acceptors (Lipinski definition) is 4. The van der Waals surface area contributed by atoms with E-state index in [1.165, 1.54) is 0 Å². The van der Waals surface area contributed by atoms with Crippen molar-refractivity contribution in [1.82, 2.24) is 0 Å². The second-order valence-electron chi connectivity index (χ2n) is 6.49. The maximum absolute atomic E-state index is 12.4. The van der Waals surface area contributed by atoms with E-state index in [4.69, 9.17) is 4.74 Å². The number of methoxy groups -OCH3 is 1. The third-order valence-electron chi connectivity index (χ3n) is 4.36. The van der Waals surface area contributed by atoms with Crippen LogP contribution in [0, 0.1) is 0 Å². The number of alkyl halides is 2. The Morgan fingerprint density at radius 3 is 2.30 bits per heavy atom. The van der Waals surface area contributed by atoms with E-state index in [0.29, 0.717) is 28.9 Å². The Hall–Kier alpha value is -3.06. The lowest BCUT2D eigenvalue weighted by molar-refractivity contribution is -0.115. The number of nitrogens with one attached hydrogen (secondary N) is 2. The van der Waals surface area contributed by atoms with E-state index in [2.05, 4.69) is 10.6 Å². The first-order chi connectivity index (χ1) is 14.5. The SMILES string of the molecule is COc1ccccc1CNc1ccc(CC(=O)Nc2ccc(SC(F)F)cc2)cc1. The van der Waals surface area contributed by atoms with Crippen LogP contribution in [0.1, 0.15) is 11.1 Å². The van der Waals surface area contributed by atoms with Gasteiger partial charge < -0.3 is 15.4 Å². The van der Waals surface area contributed by atoms with Gasteiger partial charge in [0.1, 0.15) is 5.75 Å². The molecule has 3 aromatic rings. The van der Waals surface area contributed by atoms with Crippen LogP contribution in [-0.4, -0.2) is 18.8 Å². The number of hydrogen-bond donors (Lipinski definition) is 2. The molecule has 3 rings (SSSR count). The van der Waals surface area contributed by atoms with Crippen LogP contribution in [0.4, 0.5) is 20.2 Å². The topological polar surface area (TPSA) is 50.4 Å². The van der Waals surface area contributed by atoms with E-state index >= 15 is 0 Å². The Labute approximate surface area is 178 Å². The summed E-state index contributed by atoms with van der Waals surface area (Å²) in [7, 11) is 1.65. The first-order valence-electron chi connectivity index (χ1n) is 9.33. The van der Waals surface area contributed by atoms with Crippen LogP contribution in [0.25, 0.3) is 0 Å². The van der Waals surface area contributed by atoms with Gasteiger partial charge in [-0.3, -0.25) is 4.79 Å². The number of amides is 1. The number of ether oxygens (including phenoxy) is 1. The van der Waals surface area contributed by atoms with Gasteiger partial charge in [-0.25, -0.2) is 0 Å². The molecule has 0 heterocycles. The molecule has 156 valence electrons. The minimum absolute atomic E-state index is 0.168. The van der Waals surface area contributed by atoms with E-state index in [1.54, 1.807) is 31.4 Å². The van der Waals surface area contributed by atoms with Gasteiger partial charge in [0.05, 0.1) is 13.5 Å². The molecule has 0 unspecified atom stereocenters. The highest BCUT2D eigenvalue weighted by atomic mass is 32.2. The first-order valence-corrected chi connectivity index (χ1v) is 10.2. The van der Waals surface area contributed by atoms with Gasteiger partial charge in [0.15, 0.2) is 0 Å². The summed E-state index contributed by atoms with van der Waals surface area (Å²) in [5.74, 6) is -1.80. The highest BCUT2D eigenvalue weighted by Gasteiger charge is 2.07. The lowest BCUT2D eigenvalue weighted by atomic mass is 10.1. The standard InChI is InChI=1S/C23H22F2N2O2S/c1-29-21-5-3-2-4-17(21)15-26-18-8-6-16(7-9-18)14-22(28)27-19-10-12-20(13-11-19)30-23(24)25/h2-13,23,26H,14-15H2,1H3,(H,27,28). The molecule has 0 aliphatic heterocycles. The number of para-hydroxylation sites is 1. The second kappa shape index (κ2) is 10.6. The number of carbonyl (C=O) groups is 1. The zero-order valence-corrected chi connectivity index (χ0v) is 17.2. The van der Waals surface area contributed by atoms with Gasteiger partial charge in [0.2, 0.25) is 5.91 Å². The van der Waals surface area contributed by atoms with Crippen molar-refractivity contribution < 1.29 is 18.3 Å². The largest absolute Gasteiger partial charge is 0.496 e. The van der Waals surface area contributed by atoms with Gasteiger partial charge in [-0.1, -0.05) is 42.1 Å². The molecule has 0 radical (unpaired) electrons. The Balaban J connectivity index is 1.50. The average molecular weight is 429 g/mol. The highest BCUT2D eigenvalue weighted by molar-refractivity contribution is 7.99. The Morgan fingerprint density at radius 1 is 0.967 bits per heavy atom. The molecule has 30 heavy (non-hydrogen) atoms. The van der Waals surface area contributed by atoms with E-state index in [9.17, 15) is 13.6 Å². The lowest BCUT2D eigenvalue weighted by Crippen LogP contribution is -2.14.